The fourth-order valence-electron chi connectivity index (χ4n) is 1.49. The molecular weight excluding hydrogens is 246 g/mol. The summed E-state index contributed by atoms with van der Waals surface area (Å²) in [5.74, 6) is 2.06. The van der Waals surface area contributed by atoms with E-state index in [1.54, 1.807) is 24.3 Å². The fraction of sp³-hybridized carbons (Fsp3) is 0.500. The van der Waals surface area contributed by atoms with E-state index in [4.69, 9.17) is 10.00 Å². The predicted octanol–water partition coefficient (Wildman–Crippen LogP) is 2.88. The smallest absolute Gasteiger partial charge is 0.119 e. The lowest BCUT2D eigenvalue weighted by Crippen LogP contribution is -2.11. The van der Waals surface area contributed by atoms with Crippen LogP contribution in [0, 0.1) is 11.3 Å². The highest BCUT2D eigenvalue weighted by Crippen LogP contribution is 2.11. The Morgan fingerprint density at radius 3 is 2.56 bits per heavy atom. The van der Waals surface area contributed by atoms with Gasteiger partial charge < -0.3 is 4.74 Å². The second-order valence-corrected chi connectivity index (χ2v) is 5.74. The van der Waals surface area contributed by atoms with Crippen molar-refractivity contribution >= 4 is 10.8 Å². The lowest BCUT2D eigenvalue weighted by atomic mass is 10.2. The number of benzene rings is 1. The molecule has 0 saturated heterocycles. The topological polar surface area (TPSA) is 50.1 Å². The number of nitriles is 1. The molecule has 1 rings (SSSR count). The van der Waals surface area contributed by atoms with Crippen molar-refractivity contribution in [3.63, 3.8) is 0 Å². The maximum atomic E-state index is 11.6. The van der Waals surface area contributed by atoms with E-state index in [0.29, 0.717) is 17.9 Å². The molecule has 0 N–H and O–H groups in total. The number of nitrogens with zero attached hydrogens (tertiary/aromatic N) is 1. The Hall–Kier alpha value is -1.34. The van der Waals surface area contributed by atoms with Crippen LogP contribution < -0.4 is 4.74 Å². The molecule has 1 aromatic rings. The van der Waals surface area contributed by atoms with Gasteiger partial charge in [-0.25, -0.2) is 0 Å². The van der Waals surface area contributed by atoms with Crippen LogP contribution in [-0.2, 0) is 10.8 Å². The predicted molar refractivity (Wildman–Crippen MR) is 74.1 cm³/mol. The normalized spacial score (nSPS) is 11.8. The first-order valence-corrected chi connectivity index (χ1v) is 7.73. The summed E-state index contributed by atoms with van der Waals surface area (Å²) in [6, 6.07) is 9.01. The standard InChI is InChI=1S/C14H19NO2S/c1-2-3-4-10-18(16)11-9-17-14-7-5-13(12-15)6-8-14/h5-8H,2-4,9-11H2,1H3. The maximum absolute atomic E-state index is 11.6. The fourth-order valence-corrected chi connectivity index (χ4v) is 2.49. The Kier molecular flexibility index (Phi) is 7.12. The third kappa shape index (κ3) is 5.83. The highest BCUT2D eigenvalue weighted by Gasteiger charge is 2.00. The molecule has 1 atom stereocenters. The number of unbranched alkanes of at least 4 members (excludes halogenated alkanes) is 2. The van der Waals surface area contributed by atoms with E-state index >= 15 is 0 Å². The van der Waals surface area contributed by atoms with Crippen LogP contribution in [0.2, 0.25) is 0 Å². The van der Waals surface area contributed by atoms with Crippen molar-refractivity contribution in [3.05, 3.63) is 29.8 Å². The van der Waals surface area contributed by atoms with Gasteiger partial charge in [0.1, 0.15) is 5.75 Å². The molecular formula is C14H19NO2S. The van der Waals surface area contributed by atoms with Crippen molar-refractivity contribution in [3.8, 4) is 11.8 Å². The van der Waals surface area contributed by atoms with E-state index < -0.39 is 10.8 Å². The van der Waals surface area contributed by atoms with Gasteiger partial charge in [-0.2, -0.15) is 5.26 Å². The molecule has 3 nitrogen and oxygen atoms in total. The average molecular weight is 265 g/mol. The van der Waals surface area contributed by atoms with E-state index in [-0.39, 0.29) is 0 Å². The maximum Gasteiger partial charge on any atom is 0.119 e. The molecule has 98 valence electrons. The third-order valence-corrected chi connectivity index (χ3v) is 3.90. The molecule has 0 saturated carbocycles. The average Bonchev–Trinajstić information content (AvgIpc) is 2.40. The molecule has 0 bridgehead atoms. The Bertz CT molecular complexity index is 409. The molecule has 0 amide bonds. The molecule has 0 radical (unpaired) electrons. The van der Waals surface area contributed by atoms with Crippen LogP contribution >= 0.6 is 0 Å². The van der Waals surface area contributed by atoms with E-state index in [0.717, 1.165) is 30.8 Å². The summed E-state index contributed by atoms with van der Waals surface area (Å²) >= 11 is 0. The molecule has 4 heteroatoms. The number of hydrogen-bond donors (Lipinski definition) is 0. The van der Waals surface area contributed by atoms with Crippen molar-refractivity contribution < 1.29 is 8.95 Å². The van der Waals surface area contributed by atoms with Crippen molar-refractivity contribution in [1.82, 2.24) is 0 Å². The van der Waals surface area contributed by atoms with Crippen LogP contribution in [0.25, 0.3) is 0 Å². The largest absolute Gasteiger partial charge is 0.493 e. The van der Waals surface area contributed by atoms with Crippen LogP contribution in [0.3, 0.4) is 0 Å². The van der Waals surface area contributed by atoms with Crippen LogP contribution in [0.1, 0.15) is 31.7 Å². The third-order valence-electron chi connectivity index (χ3n) is 2.54. The Morgan fingerprint density at radius 2 is 1.94 bits per heavy atom. The van der Waals surface area contributed by atoms with Gasteiger partial charge in [0.05, 0.1) is 24.0 Å². The van der Waals surface area contributed by atoms with Crippen LogP contribution in [-0.4, -0.2) is 22.3 Å². The Morgan fingerprint density at radius 1 is 1.22 bits per heavy atom. The zero-order valence-electron chi connectivity index (χ0n) is 10.7. The van der Waals surface area contributed by atoms with Crippen molar-refractivity contribution in [2.75, 3.05) is 18.1 Å². The number of rotatable bonds is 8. The second kappa shape index (κ2) is 8.71. The lowest BCUT2D eigenvalue weighted by molar-refractivity contribution is 0.342. The molecule has 18 heavy (non-hydrogen) atoms. The summed E-state index contributed by atoms with van der Waals surface area (Å²) in [4.78, 5) is 0. The first-order valence-electron chi connectivity index (χ1n) is 6.24. The van der Waals surface area contributed by atoms with E-state index in [1.807, 2.05) is 0 Å². The first kappa shape index (κ1) is 14.7. The minimum Gasteiger partial charge on any atom is -0.493 e. The van der Waals surface area contributed by atoms with Crippen molar-refractivity contribution in [1.29, 1.82) is 5.26 Å². The molecule has 0 heterocycles. The minimum absolute atomic E-state index is 0.463. The van der Waals surface area contributed by atoms with Crippen molar-refractivity contribution in [2.24, 2.45) is 0 Å². The first-order chi connectivity index (χ1) is 8.76. The van der Waals surface area contributed by atoms with Gasteiger partial charge in [-0.05, 0) is 30.7 Å². The van der Waals surface area contributed by atoms with Gasteiger partial charge in [0.15, 0.2) is 0 Å². The zero-order chi connectivity index (χ0) is 13.2. The summed E-state index contributed by atoms with van der Waals surface area (Å²) < 4.78 is 17.1. The minimum atomic E-state index is -0.779. The van der Waals surface area contributed by atoms with Gasteiger partial charge in [0, 0.05) is 16.6 Å². The van der Waals surface area contributed by atoms with E-state index in [9.17, 15) is 4.21 Å². The van der Waals surface area contributed by atoms with E-state index in [1.165, 1.54) is 0 Å². The molecule has 0 spiro atoms. The number of hydrogen-bond acceptors (Lipinski definition) is 3. The van der Waals surface area contributed by atoms with Crippen LogP contribution in [0.5, 0.6) is 5.75 Å². The molecule has 1 aromatic carbocycles. The van der Waals surface area contributed by atoms with Gasteiger partial charge in [0.25, 0.3) is 0 Å². The monoisotopic (exact) mass is 265 g/mol. The molecule has 0 aliphatic rings. The van der Waals surface area contributed by atoms with Gasteiger partial charge in [-0.3, -0.25) is 4.21 Å². The summed E-state index contributed by atoms with van der Waals surface area (Å²) in [6.07, 6.45) is 3.32. The summed E-state index contributed by atoms with van der Waals surface area (Å²) in [5.41, 5.74) is 0.616. The molecule has 0 aliphatic carbocycles. The van der Waals surface area contributed by atoms with Crippen molar-refractivity contribution in [2.45, 2.75) is 26.2 Å². The molecule has 0 aliphatic heterocycles. The Labute approximate surface area is 111 Å². The lowest BCUT2D eigenvalue weighted by Gasteiger charge is -2.06. The van der Waals surface area contributed by atoms with Gasteiger partial charge >= 0.3 is 0 Å². The quantitative estimate of drug-likeness (QED) is 0.679. The summed E-state index contributed by atoms with van der Waals surface area (Å²) in [5, 5.41) is 8.65. The van der Waals surface area contributed by atoms with Crippen LogP contribution in [0.4, 0.5) is 0 Å². The summed E-state index contributed by atoms with van der Waals surface area (Å²) in [7, 11) is -0.779. The molecule has 0 fully saturated rings. The van der Waals surface area contributed by atoms with Gasteiger partial charge in [-0.15, -0.1) is 0 Å². The summed E-state index contributed by atoms with van der Waals surface area (Å²) in [6.45, 7) is 2.60. The van der Waals surface area contributed by atoms with Gasteiger partial charge in [-0.1, -0.05) is 19.8 Å². The number of ether oxygens (including phenoxy) is 1. The van der Waals surface area contributed by atoms with Gasteiger partial charge in [0.2, 0.25) is 0 Å². The Balaban J connectivity index is 2.20. The van der Waals surface area contributed by atoms with Crippen LogP contribution in [0.15, 0.2) is 24.3 Å². The highest BCUT2D eigenvalue weighted by molar-refractivity contribution is 7.84. The highest BCUT2D eigenvalue weighted by atomic mass is 32.2. The SMILES string of the molecule is CCCCCS(=O)CCOc1ccc(C#N)cc1. The molecule has 1 unspecified atom stereocenters. The molecule has 0 aromatic heterocycles. The second-order valence-electron chi connectivity index (χ2n) is 4.04. The van der Waals surface area contributed by atoms with E-state index in [2.05, 4.69) is 13.0 Å². The zero-order valence-corrected chi connectivity index (χ0v) is 11.5.